The van der Waals surface area contributed by atoms with Crippen LogP contribution >= 0.6 is 11.6 Å². The number of carbonyl (C=O) groups is 2. The molecule has 1 atom stereocenters. The lowest BCUT2D eigenvalue weighted by atomic mass is 9.98. The van der Waals surface area contributed by atoms with Crippen LogP contribution in [0.4, 0.5) is 24.5 Å². The molecule has 6 nitrogen and oxygen atoms in total. The predicted molar refractivity (Wildman–Crippen MR) is 113 cm³/mol. The van der Waals surface area contributed by atoms with Crippen LogP contribution in [0.25, 0.3) is 11.1 Å². The van der Waals surface area contributed by atoms with Gasteiger partial charge in [-0.2, -0.15) is 4.39 Å². The molecule has 0 bridgehead atoms. The molecule has 1 aliphatic heterocycles. The minimum Gasteiger partial charge on any atom is -0.324 e. The third-order valence-electron chi connectivity index (χ3n) is 5.08. The van der Waals surface area contributed by atoms with Gasteiger partial charge in [-0.15, -0.1) is 0 Å². The van der Waals surface area contributed by atoms with Crippen molar-refractivity contribution >= 4 is 34.8 Å². The summed E-state index contributed by atoms with van der Waals surface area (Å²) in [5, 5.41) is 2.38. The van der Waals surface area contributed by atoms with Crippen LogP contribution in [-0.4, -0.2) is 28.3 Å². The SMILES string of the molecule is Cc1cc2c(c(F)n1)-c1cc(F)cnc1[C@H](C)C(=O)N2CC(=O)Nc1ccc(Cl)c(F)c1. The summed E-state index contributed by atoms with van der Waals surface area (Å²) in [4.78, 5) is 34.9. The summed E-state index contributed by atoms with van der Waals surface area (Å²) >= 11 is 5.65. The zero-order valence-electron chi connectivity index (χ0n) is 16.9. The van der Waals surface area contributed by atoms with Gasteiger partial charge in [0.2, 0.25) is 17.8 Å². The van der Waals surface area contributed by atoms with Gasteiger partial charge in [0.25, 0.3) is 0 Å². The monoisotopic (exact) mass is 460 g/mol. The summed E-state index contributed by atoms with van der Waals surface area (Å²) in [5.74, 6) is -4.42. The topological polar surface area (TPSA) is 75.2 Å². The molecule has 2 aromatic heterocycles. The van der Waals surface area contributed by atoms with Crippen molar-refractivity contribution in [2.45, 2.75) is 19.8 Å². The minimum absolute atomic E-state index is 0.0652. The number of amides is 2. The summed E-state index contributed by atoms with van der Waals surface area (Å²) in [5.41, 5.74) is 0.603. The van der Waals surface area contributed by atoms with Crippen LogP contribution in [-0.2, 0) is 9.59 Å². The second-order valence-electron chi connectivity index (χ2n) is 7.36. The van der Waals surface area contributed by atoms with Gasteiger partial charge in [0, 0.05) is 16.9 Å². The van der Waals surface area contributed by atoms with Crippen molar-refractivity contribution in [1.82, 2.24) is 9.97 Å². The Morgan fingerprint density at radius 1 is 1.22 bits per heavy atom. The first-order valence-electron chi connectivity index (χ1n) is 9.55. The van der Waals surface area contributed by atoms with E-state index < -0.39 is 41.9 Å². The number of nitrogens with one attached hydrogen (secondary N) is 1. The number of hydrogen-bond acceptors (Lipinski definition) is 4. The fourth-order valence-electron chi connectivity index (χ4n) is 3.63. The van der Waals surface area contributed by atoms with E-state index in [2.05, 4.69) is 15.3 Å². The Morgan fingerprint density at radius 3 is 2.69 bits per heavy atom. The highest BCUT2D eigenvalue weighted by molar-refractivity contribution is 6.30. The van der Waals surface area contributed by atoms with Gasteiger partial charge in [-0.25, -0.2) is 13.8 Å². The van der Waals surface area contributed by atoms with Crippen molar-refractivity contribution in [2.75, 3.05) is 16.8 Å². The largest absolute Gasteiger partial charge is 0.324 e. The van der Waals surface area contributed by atoms with Gasteiger partial charge in [-0.05, 0) is 44.2 Å². The number of benzene rings is 1. The van der Waals surface area contributed by atoms with Gasteiger partial charge in [-0.3, -0.25) is 14.6 Å². The first-order chi connectivity index (χ1) is 15.2. The molecule has 32 heavy (non-hydrogen) atoms. The smallest absolute Gasteiger partial charge is 0.244 e. The lowest BCUT2D eigenvalue weighted by Gasteiger charge is -2.24. The maximum absolute atomic E-state index is 15.0. The lowest BCUT2D eigenvalue weighted by molar-refractivity contribution is -0.122. The first-order valence-corrected chi connectivity index (χ1v) is 9.92. The Hall–Kier alpha value is -3.46. The van der Waals surface area contributed by atoms with Gasteiger partial charge >= 0.3 is 0 Å². The number of pyridine rings is 2. The summed E-state index contributed by atoms with van der Waals surface area (Å²) < 4.78 is 42.6. The van der Waals surface area contributed by atoms with Crippen LogP contribution in [0.2, 0.25) is 5.02 Å². The lowest BCUT2D eigenvalue weighted by Crippen LogP contribution is -2.40. The van der Waals surface area contributed by atoms with E-state index in [9.17, 15) is 22.8 Å². The molecule has 164 valence electrons. The van der Waals surface area contributed by atoms with E-state index in [0.29, 0.717) is 0 Å². The molecule has 0 aliphatic carbocycles. The van der Waals surface area contributed by atoms with E-state index >= 15 is 0 Å². The Bertz CT molecular complexity index is 1270. The van der Waals surface area contributed by atoms with Gasteiger partial charge in [0.1, 0.15) is 18.2 Å². The van der Waals surface area contributed by atoms with E-state index in [1.54, 1.807) is 0 Å². The number of anilines is 2. The van der Waals surface area contributed by atoms with E-state index in [-0.39, 0.29) is 38.9 Å². The molecule has 1 N–H and O–H groups in total. The molecule has 1 aromatic carbocycles. The quantitative estimate of drug-likeness (QED) is 0.579. The van der Waals surface area contributed by atoms with Crippen molar-refractivity contribution in [2.24, 2.45) is 0 Å². The van der Waals surface area contributed by atoms with E-state index in [4.69, 9.17) is 11.6 Å². The highest BCUT2D eigenvalue weighted by atomic mass is 35.5. The van der Waals surface area contributed by atoms with Gasteiger partial charge in [0.05, 0.1) is 34.1 Å². The van der Waals surface area contributed by atoms with Crippen LogP contribution in [0.3, 0.4) is 0 Å². The standard InChI is InChI=1S/C22H16ClF3N4O2/c1-10-5-17-19(21(26)28-10)14-6-12(24)8-27-20(14)11(2)22(32)30(17)9-18(31)29-13-3-4-15(23)16(25)7-13/h3-8,11H,9H2,1-2H3,(H,29,31)/t11-/m0/s1. The zero-order chi connectivity index (χ0) is 23.2. The van der Waals surface area contributed by atoms with Crippen LogP contribution in [0, 0.1) is 24.5 Å². The van der Waals surface area contributed by atoms with Gasteiger partial charge in [0.15, 0.2) is 0 Å². The third kappa shape index (κ3) is 3.91. The molecule has 1 aliphatic rings. The Labute approximate surface area is 186 Å². The Balaban J connectivity index is 1.77. The van der Waals surface area contributed by atoms with Crippen molar-refractivity contribution in [3.05, 3.63) is 70.5 Å². The van der Waals surface area contributed by atoms with E-state index in [1.807, 2.05) is 0 Å². The molecule has 10 heteroatoms. The molecule has 4 rings (SSSR count). The number of halogens is 4. The zero-order valence-corrected chi connectivity index (χ0v) is 17.7. The van der Waals surface area contributed by atoms with Crippen molar-refractivity contribution in [3.8, 4) is 11.1 Å². The number of aromatic nitrogens is 2. The van der Waals surface area contributed by atoms with Gasteiger partial charge in [-0.1, -0.05) is 11.6 Å². The summed E-state index contributed by atoms with van der Waals surface area (Å²) in [7, 11) is 0. The summed E-state index contributed by atoms with van der Waals surface area (Å²) in [6.07, 6.45) is 0.944. The number of aryl methyl sites for hydroxylation is 1. The molecule has 0 saturated carbocycles. The second kappa shape index (κ2) is 8.23. The minimum atomic E-state index is -0.916. The molecule has 0 unspecified atom stereocenters. The van der Waals surface area contributed by atoms with Crippen molar-refractivity contribution in [3.63, 3.8) is 0 Å². The summed E-state index contributed by atoms with van der Waals surface area (Å²) in [6, 6.07) is 6.25. The fourth-order valence-corrected chi connectivity index (χ4v) is 3.74. The molecular weight excluding hydrogens is 445 g/mol. The van der Waals surface area contributed by atoms with Crippen molar-refractivity contribution in [1.29, 1.82) is 0 Å². The van der Waals surface area contributed by atoms with Crippen molar-refractivity contribution < 1.29 is 22.8 Å². The molecule has 0 spiro atoms. The maximum atomic E-state index is 15.0. The first kappa shape index (κ1) is 21.8. The normalized spacial score (nSPS) is 15.1. The molecule has 3 heterocycles. The highest BCUT2D eigenvalue weighted by Crippen LogP contribution is 2.41. The van der Waals surface area contributed by atoms with Crippen LogP contribution in [0.15, 0.2) is 36.5 Å². The molecule has 3 aromatic rings. The third-order valence-corrected chi connectivity index (χ3v) is 5.39. The Morgan fingerprint density at radius 2 is 1.97 bits per heavy atom. The molecule has 0 radical (unpaired) electrons. The second-order valence-corrected chi connectivity index (χ2v) is 7.77. The molecule has 0 fully saturated rings. The molecular formula is C22H16ClF3N4O2. The van der Waals surface area contributed by atoms with E-state index in [1.165, 1.54) is 32.0 Å². The average molecular weight is 461 g/mol. The highest BCUT2D eigenvalue weighted by Gasteiger charge is 2.36. The van der Waals surface area contributed by atoms with E-state index in [0.717, 1.165) is 23.2 Å². The Kier molecular flexibility index (Phi) is 5.60. The summed E-state index contributed by atoms with van der Waals surface area (Å²) in [6.45, 7) is 2.57. The van der Waals surface area contributed by atoms with Crippen LogP contribution in [0.1, 0.15) is 24.2 Å². The number of nitrogens with zero attached hydrogens (tertiary/aromatic N) is 3. The fraction of sp³-hybridized carbons (Fsp3) is 0.182. The molecule has 0 saturated heterocycles. The number of rotatable bonds is 3. The average Bonchev–Trinajstić information content (AvgIpc) is 2.80. The van der Waals surface area contributed by atoms with Gasteiger partial charge < -0.3 is 10.2 Å². The molecule has 2 amide bonds. The van der Waals surface area contributed by atoms with Crippen LogP contribution in [0.5, 0.6) is 0 Å². The van der Waals surface area contributed by atoms with Crippen LogP contribution < -0.4 is 10.2 Å². The number of fused-ring (bicyclic) bond motifs is 3. The number of carbonyl (C=O) groups excluding carboxylic acids is 2. The number of hydrogen-bond donors (Lipinski definition) is 1. The maximum Gasteiger partial charge on any atom is 0.244 e. The predicted octanol–water partition coefficient (Wildman–Crippen LogP) is 4.61.